The van der Waals surface area contributed by atoms with Gasteiger partial charge in [0.15, 0.2) is 0 Å². The van der Waals surface area contributed by atoms with Gasteiger partial charge >= 0.3 is 0 Å². The number of carbonyl (C=O) groups is 1. The summed E-state index contributed by atoms with van der Waals surface area (Å²) in [6.45, 7) is 12.6. The summed E-state index contributed by atoms with van der Waals surface area (Å²) in [5, 5.41) is 3.55. The largest absolute Gasteiger partial charge is 0.369 e. The Hall–Kier alpha value is -1.29. The Balaban J connectivity index is 2.94. The standard InChI is InChI=1S/C16H26ClN3O/c1-6-18-15-14(17)7-13(8-19-15)16(21)20(9-11(2)3)10-12(4)5/h7-8,11-12H,6,9-10H2,1-5H3,(H,18,19). The first kappa shape index (κ1) is 17.8. The number of hydrogen-bond acceptors (Lipinski definition) is 3. The normalized spacial score (nSPS) is 11.0. The first-order chi connectivity index (χ1) is 9.85. The maximum absolute atomic E-state index is 12.6. The predicted octanol–water partition coefficient (Wildman–Crippen LogP) is 3.92. The lowest BCUT2D eigenvalue weighted by molar-refractivity contribution is 0.0714. The van der Waals surface area contributed by atoms with Crippen LogP contribution in [0.1, 0.15) is 45.0 Å². The van der Waals surface area contributed by atoms with Gasteiger partial charge < -0.3 is 10.2 Å². The molecule has 0 aliphatic carbocycles. The summed E-state index contributed by atoms with van der Waals surface area (Å²) in [7, 11) is 0. The lowest BCUT2D eigenvalue weighted by atomic mass is 10.1. The van der Waals surface area contributed by atoms with Crippen LogP contribution in [-0.4, -0.2) is 35.4 Å². The quantitative estimate of drug-likeness (QED) is 0.830. The molecule has 1 N–H and O–H groups in total. The zero-order valence-corrected chi connectivity index (χ0v) is 14.4. The summed E-state index contributed by atoms with van der Waals surface area (Å²) in [6, 6.07) is 1.70. The highest BCUT2D eigenvalue weighted by Crippen LogP contribution is 2.21. The van der Waals surface area contributed by atoms with Crippen molar-refractivity contribution in [3.8, 4) is 0 Å². The fourth-order valence-electron chi connectivity index (χ4n) is 2.16. The molecule has 0 radical (unpaired) electrons. The molecule has 1 amide bonds. The number of halogens is 1. The number of hydrogen-bond donors (Lipinski definition) is 1. The minimum absolute atomic E-state index is 0.00477. The van der Waals surface area contributed by atoms with Crippen molar-refractivity contribution >= 4 is 23.3 Å². The summed E-state index contributed by atoms with van der Waals surface area (Å²) in [6.07, 6.45) is 1.60. The van der Waals surface area contributed by atoms with Gasteiger partial charge in [0.1, 0.15) is 5.82 Å². The number of rotatable bonds is 7. The van der Waals surface area contributed by atoms with Crippen molar-refractivity contribution in [1.82, 2.24) is 9.88 Å². The van der Waals surface area contributed by atoms with Gasteiger partial charge in [0, 0.05) is 25.8 Å². The van der Waals surface area contributed by atoms with Crippen molar-refractivity contribution in [2.45, 2.75) is 34.6 Å². The van der Waals surface area contributed by atoms with Crippen LogP contribution in [0.25, 0.3) is 0 Å². The van der Waals surface area contributed by atoms with Gasteiger partial charge in [-0.2, -0.15) is 0 Å². The van der Waals surface area contributed by atoms with E-state index in [1.807, 2.05) is 11.8 Å². The van der Waals surface area contributed by atoms with Gasteiger partial charge in [-0.05, 0) is 24.8 Å². The Morgan fingerprint density at radius 3 is 2.29 bits per heavy atom. The van der Waals surface area contributed by atoms with Crippen molar-refractivity contribution in [2.75, 3.05) is 25.0 Å². The molecule has 0 bridgehead atoms. The fourth-order valence-corrected chi connectivity index (χ4v) is 2.39. The highest BCUT2D eigenvalue weighted by Gasteiger charge is 2.19. The summed E-state index contributed by atoms with van der Waals surface area (Å²) in [4.78, 5) is 18.8. The number of pyridine rings is 1. The SMILES string of the molecule is CCNc1ncc(C(=O)N(CC(C)C)CC(C)C)cc1Cl. The Morgan fingerprint density at radius 1 is 1.29 bits per heavy atom. The number of carbonyl (C=O) groups excluding carboxylic acids is 1. The first-order valence-corrected chi connectivity index (χ1v) is 7.91. The molecule has 118 valence electrons. The molecule has 1 aromatic rings. The number of nitrogens with zero attached hydrogens (tertiary/aromatic N) is 2. The van der Waals surface area contributed by atoms with E-state index < -0.39 is 0 Å². The molecule has 0 saturated heterocycles. The molecule has 1 heterocycles. The van der Waals surface area contributed by atoms with Gasteiger partial charge in [-0.15, -0.1) is 0 Å². The molecule has 4 nitrogen and oxygen atoms in total. The molecule has 0 spiro atoms. The van der Waals surface area contributed by atoms with E-state index in [-0.39, 0.29) is 5.91 Å². The number of amides is 1. The average Bonchev–Trinajstić information content (AvgIpc) is 2.38. The van der Waals surface area contributed by atoms with Crippen molar-refractivity contribution in [3.05, 3.63) is 22.8 Å². The van der Waals surface area contributed by atoms with Crippen LogP contribution in [0.15, 0.2) is 12.3 Å². The molecule has 0 aliphatic heterocycles. The molecule has 1 aromatic heterocycles. The maximum Gasteiger partial charge on any atom is 0.255 e. The van der Waals surface area contributed by atoms with E-state index in [1.54, 1.807) is 12.3 Å². The van der Waals surface area contributed by atoms with Crippen molar-refractivity contribution in [1.29, 1.82) is 0 Å². The Morgan fingerprint density at radius 2 is 1.86 bits per heavy atom. The van der Waals surface area contributed by atoms with Gasteiger partial charge in [0.05, 0.1) is 10.6 Å². The van der Waals surface area contributed by atoms with Gasteiger partial charge in [0.25, 0.3) is 5.91 Å². The van der Waals surface area contributed by atoms with Gasteiger partial charge in [-0.25, -0.2) is 4.98 Å². The summed E-state index contributed by atoms with van der Waals surface area (Å²) < 4.78 is 0. The monoisotopic (exact) mass is 311 g/mol. The van der Waals surface area contributed by atoms with Crippen LogP contribution in [0.5, 0.6) is 0 Å². The maximum atomic E-state index is 12.6. The summed E-state index contributed by atoms with van der Waals surface area (Å²) in [5.74, 6) is 1.47. The first-order valence-electron chi connectivity index (χ1n) is 7.53. The van der Waals surface area contributed by atoms with Crippen LogP contribution >= 0.6 is 11.6 Å². The summed E-state index contributed by atoms with van der Waals surface area (Å²) in [5.41, 5.74) is 0.544. The molecule has 0 aromatic carbocycles. The zero-order valence-electron chi connectivity index (χ0n) is 13.6. The van der Waals surface area contributed by atoms with E-state index >= 15 is 0 Å². The molecule has 0 atom stereocenters. The van der Waals surface area contributed by atoms with Crippen LogP contribution < -0.4 is 5.32 Å². The predicted molar refractivity (Wildman–Crippen MR) is 89.0 cm³/mol. The second kappa shape index (κ2) is 8.23. The van der Waals surface area contributed by atoms with E-state index in [1.165, 1.54) is 0 Å². The van der Waals surface area contributed by atoms with Crippen LogP contribution in [0.2, 0.25) is 5.02 Å². The Labute approximate surface area is 132 Å². The smallest absolute Gasteiger partial charge is 0.255 e. The van der Waals surface area contributed by atoms with Crippen molar-refractivity contribution in [2.24, 2.45) is 11.8 Å². The van der Waals surface area contributed by atoms with E-state index in [4.69, 9.17) is 11.6 Å². The van der Waals surface area contributed by atoms with Crippen LogP contribution in [0.4, 0.5) is 5.82 Å². The molecule has 1 rings (SSSR count). The molecule has 0 unspecified atom stereocenters. The second-order valence-electron chi connectivity index (χ2n) is 6.08. The topological polar surface area (TPSA) is 45.2 Å². The highest BCUT2D eigenvalue weighted by atomic mass is 35.5. The van der Waals surface area contributed by atoms with Crippen LogP contribution in [0, 0.1) is 11.8 Å². The molecule has 5 heteroatoms. The molecule has 0 saturated carbocycles. The van der Waals surface area contributed by atoms with Crippen LogP contribution in [0.3, 0.4) is 0 Å². The minimum Gasteiger partial charge on any atom is -0.369 e. The number of nitrogens with one attached hydrogen (secondary N) is 1. The van der Waals surface area contributed by atoms with Gasteiger partial charge in [0.2, 0.25) is 0 Å². The van der Waals surface area contributed by atoms with Gasteiger partial charge in [-0.3, -0.25) is 4.79 Å². The van der Waals surface area contributed by atoms with Gasteiger partial charge in [-0.1, -0.05) is 39.3 Å². The molecule has 21 heavy (non-hydrogen) atoms. The fraction of sp³-hybridized carbons (Fsp3) is 0.625. The average molecular weight is 312 g/mol. The van der Waals surface area contributed by atoms with Crippen molar-refractivity contribution in [3.63, 3.8) is 0 Å². The molecule has 0 fully saturated rings. The number of aromatic nitrogens is 1. The third-order valence-electron chi connectivity index (χ3n) is 2.89. The summed E-state index contributed by atoms with van der Waals surface area (Å²) >= 11 is 6.17. The third kappa shape index (κ3) is 5.54. The minimum atomic E-state index is -0.00477. The molecular weight excluding hydrogens is 286 g/mol. The Bertz CT molecular complexity index is 465. The van der Waals surface area contributed by atoms with E-state index in [0.29, 0.717) is 28.2 Å². The van der Waals surface area contributed by atoms with E-state index in [9.17, 15) is 4.79 Å². The van der Waals surface area contributed by atoms with E-state index in [2.05, 4.69) is 38.0 Å². The number of anilines is 1. The lowest BCUT2D eigenvalue weighted by Crippen LogP contribution is -2.37. The Kier molecular flexibility index (Phi) is 6.96. The zero-order chi connectivity index (χ0) is 16.0. The highest BCUT2D eigenvalue weighted by molar-refractivity contribution is 6.33. The third-order valence-corrected chi connectivity index (χ3v) is 3.18. The lowest BCUT2D eigenvalue weighted by Gasteiger charge is -2.26. The van der Waals surface area contributed by atoms with Crippen molar-refractivity contribution < 1.29 is 4.79 Å². The van der Waals surface area contributed by atoms with Crippen LogP contribution in [-0.2, 0) is 0 Å². The van der Waals surface area contributed by atoms with E-state index in [0.717, 1.165) is 19.6 Å². The molecule has 0 aliphatic rings. The molecular formula is C16H26ClN3O. The second-order valence-corrected chi connectivity index (χ2v) is 6.49.